The van der Waals surface area contributed by atoms with Crippen LogP contribution in [-0.2, 0) is 18.0 Å². The molecule has 0 unspecified atom stereocenters. The maximum atomic E-state index is 9.09. The number of aromatic nitrogens is 1. The summed E-state index contributed by atoms with van der Waals surface area (Å²) in [7, 11) is 0. The summed E-state index contributed by atoms with van der Waals surface area (Å²) in [6.07, 6.45) is 0. The molecule has 3 nitrogen and oxygen atoms in total. The largest absolute Gasteiger partial charge is 0.337 e. The SMILES string of the molecule is CC.Cc1c(C)c(C)c2c(c1C)c(C)c(COO)n2Cc1ccccc1. The molecule has 0 aliphatic heterocycles. The Kier molecular flexibility index (Phi) is 6.63. The van der Waals surface area contributed by atoms with E-state index in [0.29, 0.717) is 0 Å². The molecule has 0 aliphatic rings. The fraction of sp³-hybridized carbons (Fsp3) is 0.391. The zero-order valence-corrected chi connectivity index (χ0v) is 17.1. The van der Waals surface area contributed by atoms with Crippen molar-refractivity contribution in [2.45, 2.75) is 61.6 Å². The minimum atomic E-state index is 0.199. The Morgan fingerprint density at radius 3 is 1.96 bits per heavy atom. The number of aryl methyl sites for hydroxylation is 3. The molecule has 0 saturated carbocycles. The highest BCUT2D eigenvalue weighted by Gasteiger charge is 2.20. The highest BCUT2D eigenvalue weighted by atomic mass is 17.1. The monoisotopic (exact) mass is 353 g/mol. The summed E-state index contributed by atoms with van der Waals surface area (Å²) >= 11 is 0. The summed E-state index contributed by atoms with van der Waals surface area (Å²) in [5.74, 6) is 0. The third-order valence-electron chi connectivity index (χ3n) is 5.44. The molecule has 0 saturated heterocycles. The van der Waals surface area contributed by atoms with E-state index in [0.717, 1.165) is 12.2 Å². The predicted octanol–water partition coefficient (Wildman–Crippen LogP) is 6.25. The molecule has 140 valence electrons. The first-order valence-electron chi connectivity index (χ1n) is 9.35. The van der Waals surface area contributed by atoms with Crippen LogP contribution < -0.4 is 0 Å². The molecule has 2 aromatic carbocycles. The summed E-state index contributed by atoms with van der Waals surface area (Å²) in [6.45, 7) is 15.8. The summed E-state index contributed by atoms with van der Waals surface area (Å²) in [5, 5.41) is 10.4. The fourth-order valence-corrected chi connectivity index (χ4v) is 3.76. The maximum Gasteiger partial charge on any atom is 0.122 e. The number of nitrogens with zero attached hydrogens (tertiary/aromatic N) is 1. The maximum absolute atomic E-state index is 9.09. The van der Waals surface area contributed by atoms with Gasteiger partial charge in [0.05, 0.1) is 11.2 Å². The zero-order chi connectivity index (χ0) is 19.4. The van der Waals surface area contributed by atoms with Crippen LogP contribution in [0.15, 0.2) is 30.3 Å². The Hall–Kier alpha value is -2.10. The molecule has 0 aliphatic carbocycles. The molecular formula is C23H31NO2. The lowest BCUT2D eigenvalue weighted by atomic mass is 9.94. The second kappa shape index (κ2) is 8.52. The van der Waals surface area contributed by atoms with Crippen molar-refractivity contribution < 1.29 is 10.1 Å². The number of benzene rings is 2. The van der Waals surface area contributed by atoms with Gasteiger partial charge in [-0.3, -0.25) is 5.26 Å². The van der Waals surface area contributed by atoms with Crippen molar-refractivity contribution >= 4 is 10.9 Å². The van der Waals surface area contributed by atoms with E-state index in [9.17, 15) is 0 Å². The van der Waals surface area contributed by atoms with Crippen molar-refractivity contribution in [1.82, 2.24) is 4.57 Å². The molecule has 3 heteroatoms. The molecule has 26 heavy (non-hydrogen) atoms. The van der Waals surface area contributed by atoms with Crippen LogP contribution in [0, 0.1) is 34.6 Å². The van der Waals surface area contributed by atoms with Gasteiger partial charge in [-0.15, -0.1) is 0 Å². The average molecular weight is 354 g/mol. The Balaban J connectivity index is 0.00000117. The van der Waals surface area contributed by atoms with Crippen molar-refractivity contribution in [2.75, 3.05) is 0 Å². The van der Waals surface area contributed by atoms with Gasteiger partial charge in [-0.1, -0.05) is 44.2 Å². The van der Waals surface area contributed by atoms with Gasteiger partial charge < -0.3 is 4.57 Å². The number of fused-ring (bicyclic) bond motifs is 1. The number of rotatable bonds is 4. The van der Waals surface area contributed by atoms with Gasteiger partial charge >= 0.3 is 0 Å². The van der Waals surface area contributed by atoms with Gasteiger partial charge in [-0.2, -0.15) is 0 Å². The van der Waals surface area contributed by atoms with Crippen LogP contribution in [0.5, 0.6) is 0 Å². The first-order valence-corrected chi connectivity index (χ1v) is 9.35. The van der Waals surface area contributed by atoms with Crippen molar-refractivity contribution in [2.24, 2.45) is 0 Å². The van der Waals surface area contributed by atoms with Crippen LogP contribution in [-0.4, -0.2) is 9.82 Å². The molecule has 0 spiro atoms. The van der Waals surface area contributed by atoms with E-state index in [1.54, 1.807) is 0 Å². The minimum Gasteiger partial charge on any atom is -0.337 e. The summed E-state index contributed by atoms with van der Waals surface area (Å²) in [4.78, 5) is 4.54. The molecule has 1 N–H and O–H groups in total. The molecule has 3 aromatic rings. The third-order valence-corrected chi connectivity index (χ3v) is 5.44. The molecule has 0 radical (unpaired) electrons. The highest BCUT2D eigenvalue weighted by Crippen LogP contribution is 2.35. The van der Waals surface area contributed by atoms with E-state index in [2.05, 4.69) is 68.3 Å². The fourth-order valence-electron chi connectivity index (χ4n) is 3.76. The van der Waals surface area contributed by atoms with Gasteiger partial charge in [-0.25, -0.2) is 4.89 Å². The van der Waals surface area contributed by atoms with Crippen LogP contribution in [0.3, 0.4) is 0 Å². The van der Waals surface area contributed by atoms with Crippen molar-refractivity contribution in [3.05, 3.63) is 69.4 Å². The van der Waals surface area contributed by atoms with Gasteiger partial charge in [-0.05, 0) is 68.0 Å². The average Bonchev–Trinajstić information content (AvgIpc) is 2.93. The Morgan fingerprint density at radius 1 is 0.808 bits per heavy atom. The van der Waals surface area contributed by atoms with Crippen molar-refractivity contribution in [3.63, 3.8) is 0 Å². The smallest absolute Gasteiger partial charge is 0.122 e. The van der Waals surface area contributed by atoms with Gasteiger partial charge in [0.25, 0.3) is 0 Å². The van der Waals surface area contributed by atoms with Crippen LogP contribution in [0.2, 0.25) is 0 Å². The van der Waals surface area contributed by atoms with E-state index in [1.807, 2.05) is 19.9 Å². The Bertz CT molecular complexity index is 892. The van der Waals surface area contributed by atoms with E-state index < -0.39 is 0 Å². The lowest BCUT2D eigenvalue weighted by Crippen LogP contribution is -2.07. The quantitative estimate of drug-likeness (QED) is 0.444. The second-order valence-electron chi connectivity index (χ2n) is 6.64. The first kappa shape index (κ1) is 20.2. The van der Waals surface area contributed by atoms with Crippen LogP contribution >= 0.6 is 0 Å². The van der Waals surface area contributed by atoms with E-state index in [-0.39, 0.29) is 6.61 Å². The summed E-state index contributed by atoms with van der Waals surface area (Å²) in [5.41, 5.74) is 10.0. The molecule has 1 heterocycles. The van der Waals surface area contributed by atoms with Gasteiger partial charge in [0.2, 0.25) is 0 Å². The topological polar surface area (TPSA) is 34.4 Å². The standard InChI is InChI=1S/C21H25NO2.C2H6/c1-13-14(2)16(4)21-20(15(13)3)17(5)19(12-24-23)22(21)11-18-9-7-6-8-10-18;1-2/h6-10,23H,11-12H2,1-5H3;1-2H3. The second-order valence-corrected chi connectivity index (χ2v) is 6.64. The molecular weight excluding hydrogens is 322 g/mol. The van der Waals surface area contributed by atoms with Gasteiger partial charge in [0, 0.05) is 11.9 Å². The number of hydrogen-bond acceptors (Lipinski definition) is 2. The molecule has 0 atom stereocenters. The summed E-state index contributed by atoms with van der Waals surface area (Å²) < 4.78 is 2.30. The predicted molar refractivity (Wildman–Crippen MR) is 110 cm³/mol. The molecule has 0 amide bonds. The van der Waals surface area contributed by atoms with Crippen LogP contribution in [0.1, 0.15) is 52.9 Å². The van der Waals surface area contributed by atoms with Crippen LogP contribution in [0.4, 0.5) is 0 Å². The molecule has 0 bridgehead atoms. The third kappa shape index (κ3) is 3.42. The Morgan fingerprint density at radius 2 is 1.38 bits per heavy atom. The zero-order valence-electron chi connectivity index (χ0n) is 17.1. The minimum absolute atomic E-state index is 0.199. The molecule has 1 aromatic heterocycles. The first-order chi connectivity index (χ1) is 12.5. The van der Waals surface area contributed by atoms with Crippen LogP contribution in [0.25, 0.3) is 10.9 Å². The Labute approximate surface area is 157 Å². The molecule has 0 fully saturated rings. The molecule has 3 rings (SSSR count). The van der Waals surface area contributed by atoms with Gasteiger partial charge in [0.1, 0.15) is 6.61 Å². The normalized spacial score (nSPS) is 10.8. The van der Waals surface area contributed by atoms with E-state index in [1.165, 1.54) is 44.3 Å². The van der Waals surface area contributed by atoms with Crippen molar-refractivity contribution in [1.29, 1.82) is 0 Å². The highest BCUT2D eigenvalue weighted by molar-refractivity contribution is 5.93. The summed E-state index contributed by atoms with van der Waals surface area (Å²) in [6, 6.07) is 10.4. The van der Waals surface area contributed by atoms with E-state index in [4.69, 9.17) is 5.26 Å². The van der Waals surface area contributed by atoms with Gasteiger partial charge in [0.15, 0.2) is 0 Å². The lowest BCUT2D eigenvalue weighted by Gasteiger charge is -2.15. The van der Waals surface area contributed by atoms with E-state index >= 15 is 0 Å². The number of hydrogen-bond donors (Lipinski definition) is 1. The lowest BCUT2D eigenvalue weighted by molar-refractivity contribution is -0.254. The van der Waals surface area contributed by atoms with Crippen molar-refractivity contribution in [3.8, 4) is 0 Å².